The molecule has 1 aromatic rings. The third kappa shape index (κ3) is 3.70. The second-order valence-electron chi connectivity index (χ2n) is 6.17. The van der Waals surface area contributed by atoms with Gasteiger partial charge in [0.25, 0.3) is 0 Å². The highest BCUT2D eigenvalue weighted by atomic mass is 16.5. The van der Waals surface area contributed by atoms with Crippen LogP contribution in [-0.4, -0.2) is 67.5 Å². The van der Waals surface area contributed by atoms with Crippen molar-refractivity contribution in [2.75, 3.05) is 50.8 Å². The van der Waals surface area contributed by atoms with Gasteiger partial charge in [0.15, 0.2) is 0 Å². The number of ether oxygens (including phenoxy) is 1. The van der Waals surface area contributed by atoms with E-state index in [0.29, 0.717) is 26.0 Å². The molecule has 0 spiro atoms. The Bertz CT molecular complexity index is 581. The first-order valence-corrected chi connectivity index (χ1v) is 8.71. The molecule has 6 heteroatoms. The molecule has 1 aromatic carbocycles. The summed E-state index contributed by atoms with van der Waals surface area (Å²) in [5.41, 5.74) is 1.14. The lowest BCUT2D eigenvalue weighted by molar-refractivity contribution is -0.138. The van der Waals surface area contributed by atoms with Gasteiger partial charge < -0.3 is 9.64 Å². The number of likely N-dealkylation sites (tertiary alicyclic amines) is 1. The fraction of sp³-hybridized carbons (Fsp3) is 0.556. The first kappa shape index (κ1) is 16.8. The first-order chi connectivity index (χ1) is 11.7. The van der Waals surface area contributed by atoms with Crippen molar-refractivity contribution in [1.29, 1.82) is 0 Å². The molecule has 0 aliphatic carbocycles. The molecule has 24 heavy (non-hydrogen) atoms. The molecular formula is C18H25N3O3. The lowest BCUT2D eigenvalue weighted by Crippen LogP contribution is -2.49. The molecule has 2 fully saturated rings. The van der Waals surface area contributed by atoms with Crippen molar-refractivity contribution in [1.82, 2.24) is 9.80 Å². The third-order valence-corrected chi connectivity index (χ3v) is 4.67. The van der Waals surface area contributed by atoms with E-state index in [1.54, 1.807) is 0 Å². The molecule has 130 valence electrons. The Morgan fingerprint density at radius 2 is 1.62 bits per heavy atom. The Hall–Kier alpha value is -2.08. The normalized spacial score (nSPS) is 19.2. The van der Waals surface area contributed by atoms with E-state index in [1.807, 2.05) is 25.1 Å². The standard InChI is InChI=1S/C18H25N3O3/c1-2-24-16-6-4-3-5-15(16)20-12-9-19(10-13-20)11-14-21-17(22)7-8-18(21)23/h3-6H,2,7-14H2,1H3. The van der Waals surface area contributed by atoms with E-state index in [0.717, 1.165) is 44.2 Å². The predicted molar refractivity (Wildman–Crippen MR) is 92.2 cm³/mol. The molecule has 2 aliphatic heterocycles. The van der Waals surface area contributed by atoms with Crippen LogP contribution in [0.5, 0.6) is 5.75 Å². The Balaban J connectivity index is 1.51. The minimum atomic E-state index is -0.0238. The molecule has 3 rings (SSSR count). The van der Waals surface area contributed by atoms with Crippen LogP contribution in [0.25, 0.3) is 0 Å². The molecule has 0 saturated carbocycles. The van der Waals surface area contributed by atoms with Crippen LogP contribution in [0.3, 0.4) is 0 Å². The van der Waals surface area contributed by atoms with Gasteiger partial charge in [0.1, 0.15) is 5.75 Å². The zero-order valence-electron chi connectivity index (χ0n) is 14.2. The highest BCUT2D eigenvalue weighted by molar-refractivity contribution is 6.01. The topological polar surface area (TPSA) is 53.1 Å². The summed E-state index contributed by atoms with van der Waals surface area (Å²) in [6.45, 7) is 7.64. The van der Waals surface area contributed by atoms with Gasteiger partial charge in [-0.3, -0.25) is 19.4 Å². The fourth-order valence-corrected chi connectivity index (χ4v) is 3.32. The van der Waals surface area contributed by atoms with E-state index in [4.69, 9.17) is 4.74 Å². The van der Waals surface area contributed by atoms with Crippen molar-refractivity contribution in [3.8, 4) is 5.75 Å². The second kappa shape index (κ2) is 7.66. The molecular weight excluding hydrogens is 306 g/mol. The summed E-state index contributed by atoms with van der Waals surface area (Å²) in [4.78, 5) is 29.4. The summed E-state index contributed by atoms with van der Waals surface area (Å²) in [6, 6.07) is 8.14. The zero-order valence-corrected chi connectivity index (χ0v) is 14.2. The summed E-state index contributed by atoms with van der Waals surface area (Å²) in [7, 11) is 0. The summed E-state index contributed by atoms with van der Waals surface area (Å²) < 4.78 is 5.72. The highest BCUT2D eigenvalue weighted by Gasteiger charge is 2.29. The van der Waals surface area contributed by atoms with Gasteiger partial charge in [-0.25, -0.2) is 0 Å². The molecule has 2 amide bonds. The number of carbonyl (C=O) groups is 2. The number of anilines is 1. The van der Waals surface area contributed by atoms with Gasteiger partial charge in [-0.2, -0.15) is 0 Å². The predicted octanol–water partition coefficient (Wildman–Crippen LogP) is 1.36. The van der Waals surface area contributed by atoms with Gasteiger partial charge in [0, 0.05) is 52.1 Å². The van der Waals surface area contributed by atoms with E-state index >= 15 is 0 Å². The van der Waals surface area contributed by atoms with Crippen molar-refractivity contribution in [2.45, 2.75) is 19.8 Å². The summed E-state index contributed by atoms with van der Waals surface area (Å²) >= 11 is 0. The van der Waals surface area contributed by atoms with Crippen LogP contribution in [0.1, 0.15) is 19.8 Å². The molecule has 2 saturated heterocycles. The molecule has 0 atom stereocenters. The van der Waals surface area contributed by atoms with Crippen LogP contribution in [0, 0.1) is 0 Å². The summed E-state index contributed by atoms with van der Waals surface area (Å²) in [6.07, 6.45) is 0.752. The number of amides is 2. The van der Waals surface area contributed by atoms with E-state index in [2.05, 4.69) is 15.9 Å². The fourth-order valence-electron chi connectivity index (χ4n) is 3.32. The molecule has 0 bridgehead atoms. The maximum atomic E-state index is 11.7. The average molecular weight is 331 g/mol. The van der Waals surface area contributed by atoms with Crippen molar-refractivity contribution in [3.05, 3.63) is 24.3 Å². The number of hydrogen-bond donors (Lipinski definition) is 0. The zero-order chi connectivity index (χ0) is 16.9. The lowest BCUT2D eigenvalue weighted by Gasteiger charge is -2.37. The van der Waals surface area contributed by atoms with E-state index in [-0.39, 0.29) is 11.8 Å². The molecule has 0 radical (unpaired) electrons. The minimum absolute atomic E-state index is 0.0238. The number of para-hydroxylation sites is 2. The van der Waals surface area contributed by atoms with Crippen LogP contribution in [0.4, 0.5) is 5.69 Å². The Morgan fingerprint density at radius 3 is 2.29 bits per heavy atom. The molecule has 2 heterocycles. The molecule has 2 aliphatic rings. The maximum absolute atomic E-state index is 11.7. The van der Waals surface area contributed by atoms with Crippen LogP contribution in [0.2, 0.25) is 0 Å². The van der Waals surface area contributed by atoms with Gasteiger partial charge in [0.2, 0.25) is 11.8 Å². The van der Waals surface area contributed by atoms with E-state index < -0.39 is 0 Å². The number of rotatable bonds is 6. The smallest absolute Gasteiger partial charge is 0.229 e. The van der Waals surface area contributed by atoms with Crippen molar-refractivity contribution < 1.29 is 14.3 Å². The monoisotopic (exact) mass is 331 g/mol. The number of imide groups is 1. The van der Waals surface area contributed by atoms with Gasteiger partial charge in [0.05, 0.1) is 12.3 Å². The van der Waals surface area contributed by atoms with Gasteiger partial charge in [-0.15, -0.1) is 0 Å². The van der Waals surface area contributed by atoms with Crippen molar-refractivity contribution >= 4 is 17.5 Å². The van der Waals surface area contributed by atoms with Gasteiger partial charge in [-0.05, 0) is 19.1 Å². The first-order valence-electron chi connectivity index (χ1n) is 8.71. The number of nitrogens with zero attached hydrogens (tertiary/aromatic N) is 3. The van der Waals surface area contributed by atoms with E-state index in [9.17, 15) is 9.59 Å². The van der Waals surface area contributed by atoms with Crippen LogP contribution in [0.15, 0.2) is 24.3 Å². The maximum Gasteiger partial charge on any atom is 0.229 e. The van der Waals surface area contributed by atoms with Crippen molar-refractivity contribution in [3.63, 3.8) is 0 Å². The summed E-state index contributed by atoms with van der Waals surface area (Å²) in [5, 5.41) is 0. The van der Waals surface area contributed by atoms with Crippen molar-refractivity contribution in [2.24, 2.45) is 0 Å². The average Bonchev–Trinajstić information content (AvgIpc) is 2.93. The Labute approximate surface area is 143 Å². The Kier molecular flexibility index (Phi) is 5.35. The molecule has 0 aromatic heterocycles. The Morgan fingerprint density at radius 1 is 0.958 bits per heavy atom. The molecule has 6 nitrogen and oxygen atoms in total. The third-order valence-electron chi connectivity index (χ3n) is 4.67. The molecule has 0 N–H and O–H groups in total. The molecule has 0 unspecified atom stereocenters. The van der Waals surface area contributed by atoms with Crippen LogP contribution < -0.4 is 9.64 Å². The number of piperazine rings is 1. The van der Waals surface area contributed by atoms with E-state index in [1.165, 1.54) is 4.90 Å². The lowest BCUT2D eigenvalue weighted by atomic mass is 10.2. The highest BCUT2D eigenvalue weighted by Crippen LogP contribution is 2.28. The SMILES string of the molecule is CCOc1ccccc1N1CCN(CCN2C(=O)CCC2=O)CC1. The van der Waals surface area contributed by atoms with Gasteiger partial charge in [-0.1, -0.05) is 12.1 Å². The largest absolute Gasteiger partial charge is 0.492 e. The second-order valence-corrected chi connectivity index (χ2v) is 6.17. The number of hydrogen-bond acceptors (Lipinski definition) is 5. The van der Waals surface area contributed by atoms with Crippen LogP contribution in [-0.2, 0) is 9.59 Å². The quantitative estimate of drug-likeness (QED) is 0.737. The summed E-state index contributed by atoms with van der Waals surface area (Å²) in [5.74, 6) is 0.885. The number of carbonyl (C=O) groups excluding carboxylic acids is 2. The van der Waals surface area contributed by atoms with Crippen LogP contribution >= 0.6 is 0 Å². The number of benzene rings is 1. The van der Waals surface area contributed by atoms with Gasteiger partial charge >= 0.3 is 0 Å². The minimum Gasteiger partial charge on any atom is -0.492 e.